The molecule has 608 valence electrons. The van der Waals surface area contributed by atoms with Gasteiger partial charge < -0.3 is 34.2 Å². The monoisotopic (exact) mass is 1530 g/mol. The zero-order chi connectivity index (χ0) is 78.0. The van der Waals surface area contributed by atoms with Crippen LogP contribution in [-0.4, -0.2) is 95.9 Å². The molecule has 0 aromatic rings. The van der Waals surface area contributed by atoms with Crippen LogP contribution in [0.25, 0.3) is 0 Å². The van der Waals surface area contributed by atoms with Gasteiger partial charge in [0.25, 0.3) is 0 Å². The number of carbonyl (C=O) groups is 3. The zero-order valence-electron chi connectivity index (χ0n) is 66.5. The minimum Gasteiger partial charge on any atom is -0.463 e. The number of hydrogen-bond donors (Lipinski definition) is 4. The highest BCUT2D eigenvalue weighted by Gasteiger charge is 2.29. The Morgan fingerprint density at radius 1 is 0.271 bits per heavy atom. The number of hydrogen-bond acceptors (Lipinski definition) is 14. The lowest BCUT2D eigenvalue weighted by atomic mass is 10.0. The number of esters is 3. The van der Waals surface area contributed by atoms with Crippen molar-refractivity contribution in [3.63, 3.8) is 0 Å². The topological polar surface area (TPSA) is 231 Å². The Bertz CT molecular complexity index is 2670. The molecule has 0 saturated carbocycles. The number of allylic oxidation sites excluding steroid dienone is 30. The first kappa shape index (κ1) is 102. The minimum absolute atomic E-state index is 0.0156. The molecule has 0 aromatic carbocycles. The summed E-state index contributed by atoms with van der Waals surface area (Å²) in [7, 11) is -9.83. The minimum atomic E-state index is -4.96. The van der Waals surface area contributed by atoms with E-state index in [1.807, 2.05) is 12.2 Å². The van der Waals surface area contributed by atoms with Crippen LogP contribution in [0.5, 0.6) is 0 Å². The zero-order valence-corrected chi connectivity index (χ0v) is 68.3. The molecule has 4 N–H and O–H groups in total. The predicted octanol–water partition coefficient (Wildman–Crippen LogP) is 24.5. The van der Waals surface area contributed by atoms with Gasteiger partial charge in [-0.3, -0.25) is 32.5 Å². The number of phosphoric ester groups is 2. The molecule has 0 saturated heterocycles. The number of ether oxygens (including phenoxy) is 3. The summed E-state index contributed by atoms with van der Waals surface area (Å²) in [5.41, 5.74) is 0. The van der Waals surface area contributed by atoms with Crippen molar-refractivity contribution < 1.29 is 75.8 Å². The smallest absolute Gasteiger partial charge is 0.463 e. The summed E-state index contributed by atoms with van der Waals surface area (Å²) in [5.74, 6) is -1.67. The van der Waals surface area contributed by atoms with Crippen molar-refractivity contribution >= 4 is 33.6 Å². The average molecular weight is 1530 g/mol. The van der Waals surface area contributed by atoms with Crippen LogP contribution in [-0.2, 0) is 55.8 Å². The van der Waals surface area contributed by atoms with E-state index in [9.17, 15) is 43.5 Å². The molecule has 0 bridgehead atoms. The van der Waals surface area contributed by atoms with Gasteiger partial charge in [0.15, 0.2) is 6.10 Å². The van der Waals surface area contributed by atoms with E-state index in [4.69, 9.17) is 32.3 Å². The molecular weight excluding hydrogens is 1390 g/mol. The van der Waals surface area contributed by atoms with Gasteiger partial charge in [0, 0.05) is 19.3 Å². The number of aliphatic hydroxyl groups is 2. The highest BCUT2D eigenvalue weighted by Crippen LogP contribution is 2.45. The molecule has 0 heterocycles. The Kier molecular flexibility index (Phi) is 76.2. The molecule has 0 aromatic heterocycles. The van der Waals surface area contributed by atoms with Gasteiger partial charge in [0.2, 0.25) is 0 Å². The first-order valence-corrected chi connectivity index (χ1v) is 44.1. The van der Waals surface area contributed by atoms with Gasteiger partial charge >= 0.3 is 33.6 Å². The van der Waals surface area contributed by atoms with Gasteiger partial charge in [-0.1, -0.05) is 312 Å². The first-order chi connectivity index (χ1) is 52.2. The lowest BCUT2D eigenvalue weighted by Gasteiger charge is -2.21. The highest BCUT2D eigenvalue weighted by molar-refractivity contribution is 7.47. The van der Waals surface area contributed by atoms with Crippen LogP contribution < -0.4 is 0 Å². The number of unbranched alkanes of at least 4 members (excludes halogenated alkanes) is 23. The quantitative estimate of drug-likeness (QED) is 0.0146. The molecule has 0 rings (SSSR count). The van der Waals surface area contributed by atoms with Crippen molar-refractivity contribution in [2.24, 2.45) is 0 Å². The number of carbonyl (C=O) groups excluding carboxylic acids is 3. The van der Waals surface area contributed by atoms with Crippen molar-refractivity contribution in [2.75, 3.05) is 39.6 Å². The molecule has 0 aliphatic rings. The van der Waals surface area contributed by atoms with E-state index < -0.39 is 91.5 Å². The number of aliphatic hydroxyl groups excluding tert-OH is 2. The van der Waals surface area contributed by atoms with E-state index in [-0.39, 0.29) is 19.3 Å². The molecule has 16 nitrogen and oxygen atoms in total. The van der Waals surface area contributed by atoms with Crippen LogP contribution in [0.1, 0.15) is 303 Å². The van der Waals surface area contributed by atoms with Gasteiger partial charge in [-0.05, 0) is 154 Å². The van der Waals surface area contributed by atoms with Crippen LogP contribution >= 0.6 is 15.6 Å². The van der Waals surface area contributed by atoms with Crippen LogP contribution in [0.3, 0.4) is 0 Å². The van der Waals surface area contributed by atoms with Gasteiger partial charge in [-0.2, -0.15) is 0 Å². The normalized spacial score (nSPS) is 14.9. The molecule has 107 heavy (non-hydrogen) atoms. The third kappa shape index (κ3) is 81.5. The Labute approximate surface area is 649 Å². The summed E-state index contributed by atoms with van der Waals surface area (Å²) in [6.07, 6.45) is 104. The maximum atomic E-state index is 13.0. The van der Waals surface area contributed by atoms with Gasteiger partial charge in [0.05, 0.1) is 26.4 Å². The second-order valence-corrected chi connectivity index (χ2v) is 29.7. The average Bonchev–Trinajstić information content (AvgIpc) is 0.927. The molecule has 0 aliphatic heterocycles. The van der Waals surface area contributed by atoms with Crippen molar-refractivity contribution in [2.45, 2.75) is 322 Å². The fourth-order valence-corrected chi connectivity index (χ4v) is 12.0. The van der Waals surface area contributed by atoms with Gasteiger partial charge in [0.1, 0.15) is 25.4 Å². The van der Waals surface area contributed by atoms with Crippen LogP contribution in [0.15, 0.2) is 182 Å². The van der Waals surface area contributed by atoms with Crippen molar-refractivity contribution in [1.82, 2.24) is 0 Å². The molecular formula is C89H146O16P2. The summed E-state index contributed by atoms with van der Waals surface area (Å²) < 4.78 is 61.1. The van der Waals surface area contributed by atoms with Crippen LogP contribution in [0.2, 0.25) is 0 Å². The van der Waals surface area contributed by atoms with E-state index in [0.717, 1.165) is 154 Å². The molecule has 0 aliphatic carbocycles. The predicted molar refractivity (Wildman–Crippen MR) is 445 cm³/mol. The van der Waals surface area contributed by atoms with Crippen molar-refractivity contribution in [1.29, 1.82) is 0 Å². The largest absolute Gasteiger partial charge is 0.472 e. The summed E-state index contributed by atoms with van der Waals surface area (Å²) in [5, 5.41) is 20.7. The van der Waals surface area contributed by atoms with E-state index in [0.29, 0.717) is 25.7 Å². The van der Waals surface area contributed by atoms with Crippen molar-refractivity contribution in [3.05, 3.63) is 182 Å². The summed E-state index contributed by atoms with van der Waals surface area (Å²) in [6, 6.07) is 0. The number of phosphoric acid groups is 2. The summed E-state index contributed by atoms with van der Waals surface area (Å²) >= 11 is 0. The second kappa shape index (κ2) is 80.2. The third-order valence-electron chi connectivity index (χ3n) is 16.6. The van der Waals surface area contributed by atoms with Gasteiger partial charge in [-0.25, -0.2) is 9.13 Å². The second-order valence-electron chi connectivity index (χ2n) is 26.8. The Morgan fingerprint density at radius 2 is 0.505 bits per heavy atom. The first-order valence-electron chi connectivity index (χ1n) is 41.1. The molecule has 0 amide bonds. The van der Waals surface area contributed by atoms with E-state index in [1.54, 1.807) is 0 Å². The molecule has 0 radical (unpaired) electrons. The Morgan fingerprint density at radius 3 is 0.813 bits per heavy atom. The number of rotatable bonds is 76. The summed E-state index contributed by atoms with van der Waals surface area (Å²) in [4.78, 5) is 58.7. The summed E-state index contributed by atoms with van der Waals surface area (Å²) in [6.45, 7) is 2.33. The Hall–Kier alpha value is -5.35. The van der Waals surface area contributed by atoms with Gasteiger partial charge in [-0.15, -0.1) is 0 Å². The fourth-order valence-electron chi connectivity index (χ4n) is 10.4. The lowest BCUT2D eigenvalue weighted by molar-refractivity contribution is -0.161. The molecule has 18 heteroatoms. The molecule has 0 fully saturated rings. The fraction of sp³-hybridized carbons (Fsp3) is 0.629. The third-order valence-corrected chi connectivity index (χ3v) is 18.5. The van der Waals surface area contributed by atoms with Crippen LogP contribution in [0.4, 0.5) is 0 Å². The van der Waals surface area contributed by atoms with E-state index in [2.05, 4.69) is 191 Å². The maximum Gasteiger partial charge on any atom is 0.472 e. The Balaban J connectivity index is 4.64. The highest BCUT2D eigenvalue weighted by atomic mass is 31.2. The maximum absolute atomic E-state index is 13.0. The van der Waals surface area contributed by atoms with Crippen molar-refractivity contribution in [3.8, 4) is 0 Å². The molecule has 5 unspecified atom stereocenters. The SMILES string of the molecule is CC/C=C\C/C=C\C/C=C\C/C=C\C/C=C\C/C=C\CCCCCCCCC(=O)OCC(COP(=O)(O)OCC(O)COP(=O)(O)OCC(O)COC(=O)CCCCCCCCCCCCCCC/C=C\C/C=C\C/C=C\C/C=C\CCCCC)OC(=O)CCC/C=C\C/C=C\C/C=C\C/C=C\C/C=C\CC. The van der Waals surface area contributed by atoms with Crippen LogP contribution in [0, 0.1) is 0 Å². The lowest BCUT2D eigenvalue weighted by Crippen LogP contribution is -2.30. The van der Waals surface area contributed by atoms with E-state index >= 15 is 0 Å². The van der Waals surface area contributed by atoms with E-state index in [1.165, 1.54) is 83.5 Å². The molecule has 5 atom stereocenters. The molecule has 0 spiro atoms. The standard InChI is InChI=1S/C89H146O16P2/c1-4-7-10-13-16-19-22-25-28-31-33-35-37-39-40-41-42-44-46-47-49-52-54-57-60-63-66-69-72-75-87(92)99-78-84(90)79-101-106(95,96)102-80-85(91)81-103-107(97,98)104-83-86(105-89(94)77-74-71-68-65-62-59-56-51-30-27-24-21-18-15-12-9-6-3)82-100-88(93)76-73-70-67-64-61-58-55-53-50-48-45-43-38-36-34-32-29-26-23-20-17-14-11-8-5-2/h8-9,11-12,16-21,25-30,33-36,39-40,43,45,50,53,56,59,65,68,84-86,90-91H,4-7,10,13-15,22-24,31-32,37-38,41-42,44,46-49,51-52,54-55,57-58,60-64,66-67,69-83H2,1-3H3,(H,95,96)(H,97,98)/b11-8-,12-9-,19-16-,20-17-,21-18-,28-25-,29-26-,30-27-,35-33-,36-34-,40-39-,45-43-,53-50-,59-56-,68-65-.